The van der Waals surface area contributed by atoms with Crippen LogP contribution < -0.4 is 5.73 Å². The Morgan fingerprint density at radius 3 is 2.27 bits per heavy atom. The summed E-state index contributed by atoms with van der Waals surface area (Å²) >= 11 is 3.38. The van der Waals surface area contributed by atoms with E-state index in [1.54, 1.807) is 0 Å². The first-order valence-corrected chi connectivity index (χ1v) is 4.39. The Bertz CT molecular complexity index is 261. The van der Waals surface area contributed by atoms with Gasteiger partial charge >= 0.3 is 0 Å². The Morgan fingerprint density at radius 2 is 1.82 bits per heavy atom. The lowest BCUT2D eigenvalue weighted by Crippen LogP contribution is -2.18. The van der Waals surface area contributed by atoms with Crippen molar-refractivity contribution in [3.05, 3.63) is 40.7 Å². The molecule has 2 N–H and O–H groups in total. The fraction of sp³-hybridized carbons (Fsp3) is 0.222. The molecule has 0 amide bonds. The predicted octanol–water partition coefficient (Wildman–Crippen LogP) is 2.21. The van der Waals surface area contributed by atoms with Crippen LogP contribution in [0.5, 0.6) is 0 Å². The zero-order chi connectivity index (χ0) is 7.90. The second-order valence-corrected chi connectivity index (χ2v) is 3.87. The Labute approximate surface area is 74.7 Å². The van der Waals surface area contributed by atoms with E-state index >= 15 is 0 Å². The molecule has 1 aromatic carbocycles. The minimum Gasteiger partial charge on any atom is -0.321 e. The second-order valence-electron chi connectivity index (χ2n) is 2.96. The summed E-state index contributed by atoms with van der Waals surface area (Å²) in [6, 6.07) is 8.17. The van der Waals surface area contributed by atoms with E-state index in [1.807, 2.05) is 12.1 Å². The van der Waals surface area contributed by atoms with E-state index in [0.29, 0.717) is 0 Å². The van der Waals surface area contributed by atoms with Crippen LogP contribution in [0.15, 0.2) is 28.7 Å². The van der Waals surface area contributed by atoms with Crippen LogP contribution in [0, 0.1) is 6.42 Å². The second kappa shape index (κ2) is 2.32. The molecule has 0 saturated heterocycles. The summed E-state index contributed by atoms with van der Waals surface area (Å²) < 4.78 is 1.10. The molecule has 1 aromatic rings. The average Bonchev–Trinajstić information content (AvgIpc) is 2.70. The van der Waals surface area contributed by atoms with Gasteiger partial charge in [0.1, 0.15) is 0 Å². The third kappa shape index (κ3) is 1.33. The van der Waals surface area contributed by atoms with Crippen molar-refractivity contribution in [1.82, 2.24) is 0 Å². The van der Waals surface area contributed by atoms with Crippen LogP contribution >= 0.6 is 15.9 Å². The predicted molar refractivity (Wildman–Crippen MR) is 48.9 cm³/mol. The van der Waals surface area contributed by atoms with E-state index in [0.717, 1.165) is 10.9 Å². The van der Waals surface area contributed by atoms with Gasteiger partial charge in [0.15, 0.2) is 0 Å². The molecule has 1 aliphatic carbocycles. The number of nitrogens with two attached hydrogens (primary N) is 1. The van der Waals surface area contributed by atoms with Crippen molar-refractivity contribution in [2.75, 3.05) is 0 Å². The molecular weight excluding hydrogens is 202 g/mol. The number of hydrogen-bond acceptors (Lipinski definition) is 1. The number of hydrogen-bond donors (Lipinski definition) is 1. The Kier molecular flexibility index (Phi) is 1.55. The normalized spacial score (nSPS) is 19.8. The molecule has 1 nitrogen and oxygen atoms in total. The highest BCUT2D eigenvalue weighted by molar-refractivity contribution is 9.10. The molecule has 1 aliphatic rings. The lowest BCUT2D eigenvalue weighted by molar-refractivity contribution is 0.770. The van der Waals surface area contributed by atoms with Gasteiger partial charge in [0.05, 0.1) is 0 Å². The molecule has 1 atom stereocenters. The molecule has 0 bridgehead atoms. The number of benzene rings is 1. The van der Waals surface area contributed by atoms with Crippen molar-refractivity contribution in [2.24, 2.45) is 5.73 Å². The highest BCUT2D eigenvalue weighted by Gasteiger charge is 2.40. The van der Waals surface area contributed by atoms with Gasteiger partial charge in [-0.1, -0.05) is 28.1 Å². The van der Waals surface area contributed by atoms with Crippen LogP contribution in [0.25, 0.3) is 0 Å². The quantitative estimate of drug-likeness (QED) is 0.757. The summed E-state index contributed by atoms with van der Waals surface area (Å²) in [5.41, 5.74) is 7.05. The summed E-state index contributed by atoms with van der Waals surface area (Å²) in [5.74, 6) is 0. The molecule has 0 aromatic heterocycles. The molecule has 1 fully saturated rings. The third-order valence-electron chi connectivity index (χ3n) is 2.03. The maximum absolute atomic E-state index is 5.95. The van der Waals surface area contributed by atoms with Gasteiger partial charge in [-0.25, -0.2) is 0 Å². The molecule has 0 aliphatic heterocycles. The van der Waals surface area contributed by atoms with Crippen molar-refractivity contribution in [3.63, 3.8) is 0 Å². The fourth-order valence-corrected chi connectivity index (χ4v) is 1.37. The zero-order valence-corrected chi connectivity index (χ0v) is 7.64. The average molecular weight is 211 g/mol. The lowest BCUT2D eigenvalue weighted by atomic mass is 10.1. The summed E-state index contributed by atoms with van der Waals surface area (Å²) in [5, 5.41) is 0. The van der Waals surface area contributed by atoms with Crippen molar-refractivity contribution < 1.29 is 0 Å². The van der Waals surface area contributed by atoms with Crippen molar-refractivity contribution in [1.29, 1.82) is 0 Å². The monoisotopic (exact) mass is 210 g/mol. The van der Waals surface area contributed by atoms with Crippen LogP contribution in [0.1, 0.15) is 12.0 Å². The van der Waals surface area contributed by atoms with Crippen LogP contribution in [0.3, 0.4) is 0 Å². The van der Waals surface area contributed by atoms with E-state index in [4.69, 9.17) is 5.73 Å². The van der Waals surface area contributed by atoms with Gasteiger partial charge in [-0.15, -0.1) is 0 Å². The minimum absolute atomic E-state index is 0.110. The van der Waals surface area contributed by atoms with Gasteiger partial charge in [0.25, 0.3) is 0 Å². The van der Waals surface area contributed by atoms with Gasteiger partial charge in [-0.2, -0.15) is 0 Å². The van der Waals surface area contributed by atoms with Gasteiger partial charge < -0.3 is 5.73 Å². The largest absolute Gasteiger partial charge is 0.321 e. The zero-order valence-electron chi connectivity index (χ0n) is 6.05. The lowest BCUT2D eigenvalue weighted by Gasteiger charge is -2.07. The minimum atomic E-state index is -0.110. The molecule has 0 heterocycles. The van der Waals surface area contributed by atoms with E-state index < -0.39 is 0 Å². The summed E-state index contributed by atoms with van der Waals surface area (Å²) in [6.07, 6.45) is 3.13. The molecule has 1 radical (unpaired) electrons. The van der Waals surface area contributed by atoms with E-state index in [-0.39, 0.29) is 5.54 Å². The molecular formula is C9H9BrN. The highest BCUT2D eigenvalue weighted by Crippen LogP contribution is 2.41. The summed E-state index contributed by atoms with van der Waals surface area (Å²) in [4.78, 5) is 0. The Morgan fingerprint density at radius 1 is 1.27 bits per heavy atom. The first kappa shape index (κ1) is 7.32. The Hall–Kier alpha value is -0.340. The maximum Gasteiger partial charge on any atom is 0.0446 e. The fourth-order valence-electron chi connectivity index (χ4n) is 1.11. The Balaban J connectivity index is 2.33. The standard InChI is InChI=1S/C9H9BrN/c10-8-3-1-7(2-4-8)9(11)5-6-9/h1-5H,6,11H2. The first-order valence-electron chi connectivity index (χ1n) is 3.60. The van der Waals surface area contributed by atoms with Gasteiger partial charge in [-0.3, -0.25) is 0 Å². The molecule has 57 valence electrons. The van der Waals surface area contributed by atoms with E-state index in [1.165, 1.54) is 5.56 Å². The number of halogens is 1. The van der Waals surface area contributed by atoms with Crippen molar-refractivity contribution in [3.8, 4) is 0 Å². The molecule has 2 heteroatoms. The van der Waals surface area contributed by atoms with Crippen LogP contribution in [-0.2, 0) is 5.54 Å². The molecule has 11 heavy (non-hydrogen) atoms. The van der Waals surface area contributed by atoms with Crippen molar-refractivity contribution >= 4 is 15.9 Å². The third-order valence-corrected chi connectivity index (χ3v) is 2.55. The number of rotatable bonds is 1. The highest BCUT2D eigenvalue weighted by atomic mass is 79.9. The van der Waals surface area contributed by atoms with Crippen LogP contribution in [0.2, 0.25) is 0 Å². The van der Waals surface area contributed by atoms with E-state index in [9.17, 15) is 0 Å². The van der Waals surface area contributed by atoms with Crippen LogP contribution in [-0.4, -0.2) is 0 Å². The van der Waals surface area contributed by atoms with Gasteiger partial charge in [0, 0.05) is 10.0 Å². The molecule has 0 spiro atoms. The SMILES string of the molecule is NC1(c2ccc(Br)cc2)[CH]C1. The topological polar surface area (TPSA) is 26.0 Å². The van der Waals surface area contributed by atoms with E-state index in [2.05, 4.69) is 34.5 Å². The van der Waals surface area contributed by atoms with Crippen LogP contribution in [0.4, 0.5) is 0 Å². The maximum atomic E-state index is 5.95. The van der Waals surface area contributed by atoms with Gasteiger partial charge in [-0.05, 0) is 30.5 Å². The smallest absolute Gasteiger partial charge is 0.0446 e. The summed E-state index contributed by atoms with van der Waals surface area (Å²) in [7, 11) is 0. The van der Waals surface area contributed by atoms with Gasteiger partial charge in [0.2, 0.25) is 0 Å². The van der Waals surface area contributed by atoms with Crippen molar-refractivity contribution in [2.45, 2.75) is 12.0 Å². The molecule has 2 rings (SSSR count). The summed E-state index contributed by atoms with van der Waals surface area (Å²) in [6.45, 7) is 0. The molecule has 1 saturated carbocycles. The first-order chi connectivity index (χ1) is 5.21. The molecule has 1 unspecified atom stereocenters.